The van der Waals surface area contributed by atoms with Gasteiger partial charge in [0, 0.05) is 10.5 Å². The van der Waals surface area contributed by atoms with Gasteiger partial charge in [0.25, 0.3) is 0 Å². The maximum atomic E-state index is 13.2. The molecule has 1 aliphatic heterocycles. The van der Waals surface area contributed by atoms with E-state index in [1.807, 2.05) is 18.2 Å². The first kappa shape index (κ1) is 14.2. The van der Waals surface area contributed by atoms with Crippen LogP contribution in [0, 0.1) is 11.6 Å². The minimum absolute atomic E-state index is 0.00567. The Morgan fingerprint density at radius 3 is 2.71 bits per heavy atom. The molecular weight excluding hydrogens is 340 g/mol. The maximum absolute atomic E-state index is 13.2. The van der Waals surface area contributed by atoms with Crippen LogP contribution in [-0.2, 0) is 17.6 Å². The van der Waals surface area contributed by atoms with Gasteiger partial charge in [0.2, 0.25) is 5.91 Å². The Hall–Kier alpha value is -1.75. The van der Waals surface area contributed by atoms with E-state index in [2.05, 4.69) is 21.2 Å². The van der Waals surface area contributed by atoms with Gasteiger partial charge in [-0.1, -0.05) is 34.1 Å². The number of hydrogen-bond acceptors (Lipinski definition) is 1. The van der Waals surface area contributed by atoms with Crippen LogP contribution in [0.2, 0.25) is 0 Å². The molecule has 1 amide bonds. The van der Waals surface area contributed by atoms with Gasteiger partial charge in [-0.3, -0.25) is 4.79 Å². The van der Waals surface area contributed by atoms with E-state index in [-0.39, 0.29) is 10.7 Å². The second kappa shape index (κ2) is 5.56. The first-order chi connectivity index (χ1) is 10.0. The zero-order chi connectivity index (χ0) is 15.0. The van der Waals surface area contributed by atoms with E-state index in [0.717, 1.165) is 22.9 Å². The van der Waals surface area contributed by atoms with Gasteiger partial charge in [-0.2, -0.15) is 0 Å². The van der Waals surface area contributed by atoms with Crippen molar-refractivity contribution in [2.45, 2.75) is 17.7 Å². The van der Waals surface area contributed by atoms with Gasteiger partial charge in [0.1, 0.15) is 0 Å². The molecule has 1 N–H and O–H groups in total. The molecule has 1 atom stereocenters. The highest BCUT2D eigenvalue weighted by Crippen LogP contribution is 2.32. The zero-order valence-electron chi connectivity index (χ0n) is 11.0. The van der Waals surface area contributed by atoms with E-state index < -0.39 is 11.6 Å². The largest absolute Gasteiger partial charge is 0.326 e. The summed E-state index contributed by atoms with van der Waals surface area (Å²) in [6.07, 6.45) is 0.922. The third-order valence-corrected chi connectivity index (χ3v) is 4.37. The predicted octanol–water partition coefficient (Wildman–Crippen LogP) is 4.14. The minimum Gasteiger partial charge on any atom is -0.326 e. The summed E-state index contributed by atoms with van der Waals surface area (Å²) in [5.41, 5.74) is 3.53. The summed E-state index contributed by atoms with van der Waals surface area (Å²) in [5, 5.41) is 2.78. The van der Waals surface area contributed by atoms with E-state index in [1.165, 1.54) is 6.07 Å². The number of alkyl halides is 1. The fourth-order valence-corrected chi connectivity index (χ4v) is 3.09. The van der Waals surface area contributed by atoms with E-state index in [4.69, 9.17) is 0 Å². The summed E-state index contributed by atoms with van der Waals surface area (Å²) in [7, 11) is 0. The van der Waals surface area contributed by atoms with Gasteiger partial charge in [0.15, 0.2) is 11.6 Å². The zero-order valence-corrected chi connectivity index (χ0v) is 12.6. The number of halogens is 3. The van der Waals surface area contributed by atoms with Crippen molar-refractivity contribution in [2.24, 2.45) is 0 Å². The fraction of sp³-hybridized carbons (Fsp3) is 0.188. The molecule has 2 aromatic carbocycles. The second-order valence-electron chi connectivity index (χ2n) is 5.06. The number of rotatable bonds is 3. The lowest BCUT2D eigenvalue weighted by molar-refractivity contribution is -0.115. The van der Waals surface area contributed by atoms with Crippen molar-refractivity contribution < 1.29 is 13.6 Å². The SMILES string of the molecule is O=C1Cc2cc(C(Br)Cc3ccc(F)c(F)c3)ccc2N1. The summed E-state index contributed by atoms with van der Waals surface area (Å²) >= 11 is 3.57. The predicted molar refractivity (Wildman–Crippen MR) is 80.5 cm³/mol. The molecule has 108 valence electrons. The summed E-state index contributed by atoms with van der Waals surface area (Å²) in [5.74, 6) is -1.68. The van der Waals surface area contributed by atoms with Crippen LogP contribution >= 0.6 is 15.9 Å². The van der Waals surface area contributed by atoms with Crippen LogP contribution in [0.3, 0.4) is 0 Å². The number of carbonyl (C=O) groups excluding carboxylic acids is 1. The first-order valence-electron chi connectivity index (χ1n) is 6.53. The molecule has 0 aliphatic carbocycles. The molecule has 0 radical (unpaired) electrons. The Kier molecular flexibility index (Phi) is 3.76. The van der Waals surface area contributed by atoms with Crippen molar-refractivity contribution >= 4 is 27.5 Å². The molecule has 0 aromatic heterocycles. The van der Waals surface area contributed by atoms with E-state index >= 15 is 0 Å². The molecule has 1 aliphatic rings. The topological polar surface area (TPSA) is 29.1 Å². The lowest BCUT2D eigenvalue weighted by atomic mass is 10.0. The minimum atomic E-state index is -0.841. The summed E-state index contributed by atoms with van der Waals surface area (Å²) in [6, 6.07) is 9.67. The Bertz CT molecular complexity index is 717. The Balaban J connectivity index is 1.79. The van der Waals surface area contributed by atoms with E-state index in [9.17, 15) is 13.6 Å². The monoisotopic (exact) mass is 351 g/mol. The third kappa shape index (κ3) is 2.97. The molecule has 0 fully saturated rings. The van der Waals surface area contributed by atoms with Gasteiger partial charge in [-0.25, -0.2) is 8.78 Å². The molecule has 0 spiro atoms. The summed E-state index contributed by atoms with van der Waals surface area (Å²) in [6.45, 7) is 0. The number of amides is 1. The second-order valence-corrected chi connectivity index (χ2v) is 6.17. The molecule has 1 heterocycles. The normalized spacial score (nSPS) is 14.7. The van der Waals surface area contributed by atoms with Gasteiger partial charge in [-0.05, 0) is 41.3 Å². The van der Waals surface area contributed by atoms with Crippen LogP contribution in [0.15, 0.2) is 36.4 Å². The molecule has 2 aromatic rings. The molecule has 2 nitrogen and oxygen atoms in total. The molecular formula is C16H12BrF2NO. The average molecular weight is 352 g/mol. The van der Waals surface area contributed by atoms with Gasteiger partial charge in [0.05, 0.1) is 6.42 Å². The smallest absolute Gasteiger partial charge is 0.228 e. The van der Waals surface area contributed by atoms with Crippen molar-refractivity contribution in [3.8, 4) is 0 Å². The van der Waals surface area contributed by atoms with E-state index in [1.54, 1.807) is 6.07 Å². The lowest BCUT2D eigenvalue weighted by Gasteiger charge is -2.12. The van der Waals surface area contributed by atoms with Crippen LogP contribution in [0.1, 0.15) is 21.5 Å². The number of carbonyl (C=O) groups is 1. The summed E-state index contributed by atoms with van der Waals surface area (Å²) in [4.78, 5) is 11.3. The van der Waals surface area contributed by atoms with Crippen molar-refractivity contribution in [3.63, 3.8) is 0 Å². The van der Waals surface area contributed by atoms with Crippen molar-refractivity contribution in [2.75, 3.05) is 5.32 Å². The molecule has 0 saturated carbocycles. The van der Waals surface area contributed by atoms with Gasteiger partial charge < -0.3 is 5.32 Å². The molecule has 5 heteroatoms. The maximum Gasteiger partial charge on any atom is 0.228 e. The third-order valence-electron chi connectivity index (χ3n) is 3.52. The fourth-order valence-electron chi connectivity index (χ4n) is 2.44. The molecule has 0 saturated heterocycles. The highest BCUT2D eigenvalue weighted by molar-refractivity contribution is 9.09. The van der Waals surface area contributed by atoms with Crippen LogP contribution < -0.4 is 5.32 Å². The van der Waals surface area contributed by atoms with Crippen molar-refractivity contribution in [1.82, 2.24) is 0 Å². The lowest BCUT2D eigenvalue weighted by Crippen LogP contribution is -2.03. The molecule has 0 bridgehead atoms. The Morgan fingerprint density at radius 2 is 1.95 bits per heavy atom. The number of hydrogen-bond donors (Lipinski definition) is 1. The molecule has 3 rings (SSSR count). The Labute approximate surface area is 129 Å². The molecule has 1 unspecified atom stereocenters. The van der Waals surface area contributed by atoms with Crippen LogP contribution in [0.5, 0.6) is 0 Å². The van der Waals surface area contributed by atoms with Gasteiger partial charge >= 0.3 is 0 Å². The van der Waals surface area contributed by atoms with Crippen molar-refractivity contribution in [3.05, 3.63) is 64.7 Å². The number of nitrogens with one attached hydrogen (secondary N) is 1. The summed E-state index contributed by atoms with van der Waals surface area (Å²) < 4.78 is 26.1. The highest BCUT2D eigenvalue weighted by Gasteiger charge is 2.19. The van der Waals surface area contributed by atoms with Crippen LogP contribution in [-0.4, -0.2) is 5.91 Å². The van der Waals surface area contributed by atoms with Crippen molar-refractivity contribution in [1.29, 1.82) is 0 Å². The van der Waals surface area contributed by atoms with Gasteiger partial charge in [-0.15, -0.1) is 0 Å². The van der Waals surface area contributed by atoms with E-state index in [0.29, 0.717) is 18.4 Å². The Morgan fingerprint density at radius 1 is 1.14 bits per heavy atom. The van der Waals surface area contributed by atoms with Crippen LogP contribution in [0.25, 0.3) is 0 Å². The number of benzene rings is 2. The highest BCUT2D eigenvalue weighted by atomic mass is 79.9. The number of anilines is 1. The van der Waals surface area contributed by atoms with Crippen LogP contribution in [0.4, 0.5) is 14.5 Å². The average Bonchev–Trinajstić information content (AvgIpc) is 2.82. The quantitative estimate of drug-likeness (QED) is 0.827. The molecule has 21 heavy (non-hydrogen) atoms. The standard InChI is InChI=1S/C16H12BrF2NO/c17-12(5-9-1-3-13(18)14(19)6-9)10-2-4-15-11(7-10)8-16(21)20-15/h1-4,6-7,12H,5,8H2,(H,20,21). The first-order valence-corrected chi connectivity index (χ1v) is 7.45. The number of fused-ring (bicyclic) bond motifs is 1.